The molecule has 0 spiro atoms. The van der Waals surface area contributed by atoms with Gasteiger partial charge in [-0.15, -0.1) is 0 Å². The third-order valence-electron chi connectivity index (χ3n) is 6.66. The Bertz CT molecular complexity index is 855. The van der Waals surface area contributed by atoms with E-state index < -0.39 is 0 Å². The van der Waals surface area contributed by atoms with Gasteiger partial charge in [-0.25, -0.2) is 9.97 Å². The van der Waals surface area contributed by atoms with E-state index in [2.05, 4.69) is 9.97 Å². The number of piperidine rings is 1. The molecule has 0 radical (unpaired) electrons. The molecule has 4 heterocycles. The van der Waals surface area contributed by atoms with Crippen molar-refractivity contribution in [3.63, 3.8) is 0 Å². The number of carbonyl (C=O) groups is 3. The van der Waals surface area contributed by atoms with Crippen molar-refractivity contribution in [3.05, 3.63) is 23.3 Å². The van der Waals surface area contributed by atoms with Gasteiger partial charge in [0.15, 0.2) is 0 Å². The first-order valence-electron chi connectivity index (χ1n) is 11.8. The monoisotopic (exact) mass is 443 g/mol. The van der Waals surface area contributed by atoms with E-state index in [4.69, 9.17) is 4.74 Å². The van der Waals surface area contributed by atoms with Gasteiger partial charge in [0, 0.05) is 57.8 Å². The van der Waals surface area contributed by atoms with Crippen LogP contribution in [0.3, 0.4) is 0 Å². The Labute approximate surface area is 189 Å². The summed E-state index contributed by atoms with van der Waals surface area (Å²) in [5.74, 6) is 0.901. The summed E-state index contributed by atoms with van der Waals surface area (Å²) in [6.45, 7) is 6.46. The van der Waals surface area contributed by atoms with Crippen molar-refractivity contribution in [1.82, 2.24) is 24.7 Å². The molecule has 0 aliphatic carbocycles. The van der Waals surface area contributed by atoms with Crippen molar-refractivity contribution in [2.45, 2.75) is 51.4 Å². The maximum atomic E-state index is 12.7. The summed E-state index contributed by atoms with van der Waals surface area (Å²) in [6.07, 6.45) is 7.08. The fourth-order valence-corrected chi connectivity index (χ4v) is 4.76. The zero-order valence-corrected chi connectivity index (χ0v) is 18.9. The topological polar surface area (TPSA) is 95.9 Å². The second-order valence-corrected chi connectivity index (χ2v) is 8.94. The molecular formula is C23H33N5O4. The number of aromatic nitrogens is 2. The van der Waals surface area contributed by atoms with Crippen LogP contribution in [0.1, 0.15) is 66.3 Å². The quantitative estimate of drug-likeness (QED) is 0.591. The van der Waals surface area contributed by atoms with E-state index in [0.29, 0.717) is 49.7 Å². The van der Waals surface area contributed by atoms with Gasteiger partial charge in [-0.05, 0) is 39.0 Å². The number of nitrogens with zero attached hydrogens (tertiary/aromatic N) is 5. The molecule has 174 valence electrons. The van der Waals surface area contributed by atoms with E-state index >= 15 is 0 Å². The Balaban J connectivity index is 1.28. The summed E-state index contributed by atoms with van der Waals surface area (Å²) in [7, 11) is 0. The molecule has 3 aliphatic heterocycles. The minimum absolute atomic E-state index is 0.0137. The molecule has 0 saturated carbocycles. The van der Waals surface area contributed by atoms with Gasteiger partial charge in [0.2, 0.25) is 11.8 Å². The van der Waals surface area contributed by atoms with Gasteiger partial charge in [-0.3, -0.25) is 14.4 Å². The van der Waals surface area contributed by atoms with Crippen LogP contribution in [0, 0.1) is 6.92 Å². The first-order chi connectivity index (χ1) is 15.5. The van der Waals surface area contributed by atoms with E-state index in [1.54, 1.807) is 11.1 Å². The van der Waals surface area contributed by atoms with Crippen LogP contribution in [0.15, 0.2) is 6.20 Å². The third-order valence-corrected chi connectivity index (χ3v) is 6.66. The number of carbonyl (C=O) groups excluding carboxylic acids is 3. The van der Waals surface area contributed by atoms with Crippen molar-refractivity contribution < 1.29 is 19.1 Å². The predicted molar refractivity (Wildman–Crippen MR) is 117 cm³/mol. The van der Waals surface area contributed by atoms with E-state index in [9.17, 15) is 14.4 Å². The number of amides is 3. The molecule has 32 heavy (non-hydrogen) atoms. The Morgan fingerprint density at radius 2 is 1.88 bits per heavy atom. The number of rotatable bonds is 7. The third kappa shape index (κ3) is 5.26. The average Bonchev–Trinajstić information content (AvgIpc) is 3.48. The van der Waals surface area contributed by atoms with Crippen molar-refractivity contribution in [1.29, 1.82) is 0 Å². The molecule has 9 nitrogen and oxygen atoms in total. The number of aryl methyl sites for hydroxylation is 1. The van der Waals surface area contributed by atoms with Crippen molar-refractivity contribution >= 4 is 17.7 Å². The second-order valence-electron chi connectivity index (χ2n) is 8.94. The molecule has 3 fully saturated rings. The zero-order valence-electron chi connectivity index (χ0n) is 18.9. The van der Waals surface area contributed by atoms with Crippen LogP contribution in [-0.2, 0) is 14.3 Å². The lowest BCUT2D eigenvalue weighted by Crippen LogP contribution is -2.41. The van der Waals surface area contributed by atoms with Crippen LogP contribution < -0.4 is 0 Å². The van der Waals surface area contributed by atoms with Gasteiger partial charge >= 0.3 is 0 Å². The largest absolute Gasteiger partial charge is 0.370 e. The van der Waals surface area contributed by atoms with Gasteiger partial charge in [0.1, 0.15) is 12.4 Å². The Morgan fingerprint density at radius 3 is 2.59 bits per heavy atom. The minimum atomic E-state index is -0.0417. The highest BCUT2D eigenvalue weighted by Crippen LogP contribution is 2.25. The normalized spacial score (nSPS) is 21.5. The fourth-order valence-electron chi connectivity index (χ4n) is 4.76. The molecule has 9 heteroatoms. The van der Waals surface area contributed by atoms with Gasteiger partial charge in [0.25, 0.3) is 5.91 Å². The highest BCUT2D eigenvalue weighted by molar-refractivity contribution is 5.95. The lowest BCUT2D eigenvalue weighted by atomic mass is 9.97. The van der Waals surface area contributed by atoms with Crippen LogP contribution in [0.25, 0.3) is 0 Å². The first kappa shape index (κ1) is 22.6. The summed E-state index contributed by atoms with van der Waals surface area (Å²) in [6, 6.07) is 0. The molecule has 0 N–H and O–H groups in total. The average molecular weight is 444 g/mol. The van der Waals surface area contributed by atoms with E-state index in [1.165, 1.54) is 0 Å². The molecule has 1 atom stereocenters. The summed E-state index contributed by atoms with van der Waals surface area (Å²) < 4.78 is 5.55. The zero-order chi connectivity index (χ0) is 22.5. The van der Waals surface area contributed by atoms with Gasteiger partial charge in [-0.1, -0.05) is 0 Å². The summed E-state index contributed by atoms with van der Waals surface area (Å²) in [5, 5.41) is 0. The molecule has 0 aromatic carbocycles. The molecule has 4 rings (SSSR count). The standard InChI is InChI=1S/C23H33N5O4/c1-17-19(23(31)27-8-2-3-9-27)14-24-22(25-17)18-6-4-11-28(15-18)21(30)16-32-13-12-26-10-5-7-20(26)29/h14,18H,2-13,15-16H2,1H3. The lowest BCUT2D eigenvalue weighted by Gasteiger charge is -2.32. The SMILES string of the molecule is Cc1nc(C2CCCN(C(=O)COCCN3CCCC3=O)C2)ncc1C(=O)N1CCCC1. The second kappa shape index (κ2) is 10.4. The molecule has 3 amide bonds. The van der Waals surface area contributed by atoms with Gasteiger partial charge < -0.3 is 19.4 Å². The van der Waals surface area contributed by atoms with Crippen LogP contribution in [0.2, 0.25) is 0 Å². The number of likely N-dealkylation sites (tertiary alicyclic amines) is 3. The molecule has 1 unspecified atom stereocenters. The number of hydrogen-bond donors (Lipinski definition) is 0. The molecule has 3 saturated heterocycles. The molecule has 1 aromatic rings. The number of ether oxygens (including phenoxy) is 1. The lowest BCUT2D eigenvalue weighted by molar-refractivity contribution is -0.137. The van der Waals surface area contributed by atoms with Crippen molar-refractivity contribution in [3.8, 4) is 0 Å². The molecule has 1 aromatic heterocycles. The first-order valence-corrected chi connectivity index (χ1v) is 11.8. The molecule has 3 aliphatic rings. The maximum absolute atomic E-state index is 12.7. The Morgan fingerprint density at radius 1 is 1.09 bits per heavy atom. The van der Waals surface area contributed by atoms with Crippen LogP contribution in [0.5, 0.6) is 0 Å². The van der Waals surface area contributed by atoms with E-state index in [0.717, 1.165) is 51.7 Å². The fraction of sp³-hybridized carbons (Fsp3) is 0.696. The Hall–Kier alpha value is -2.55. The molecular weight excluding hydrogens is 410 g/mol. The number of hydrogen-bond acceptors (Lipinski definition) is 6. The summed E-state index contributed by atoms with van der Waals surface area (Å²) >= 11 is 0. The van der Waals surface area contributed by atoms with Gasteiger partial charge in [0.05, 0.1) is 17.9 Å². The van der Waals surface area contributed by atoms with Crippen LogP contribution >= 0.6 is 0 Å². The smallest absolute Gasteiger partial charge is 0.257 e. The predicted octanol–water partition coefficient (Wildman–Crippen LogP) is 1.37. The van der Waals surface area contributed by atoms with E-state index in [1.807, 2.05) is 16.7 Å². The minimum Gasteiger partial charge on any atom is -0.370 e. The molecule has 0 bridgehead atoms. The maximum Gasteiger partial charge on any atom is 0.257 e. The summed E-state index contributed by atoms with van der Waals surface area (Å²) in [5.41, 5.74) is 1.28. The summed E-state index contributed by atoms with van der Waals surface area (Å²) in [4.78, 5) is 51.6. The van der Waals surface area contributed by atoms with Crippen molar-refractivity contribution in [2.24, 2.45) is 0 Å². The Kier molecular flexibility index (Phi) is 7.34. The van der Waals surface area contributed by atoms with Gasteiger partial charge in [-0.2, -0.15) is 0 Å². The highest BCUT2D eigenvalue weighted by atomic mass is 16.5. The van der Waals surface area contributed by atoms with E-state index in [-0.39, 0.29) is 30.2 Å². The van der Waals surface area contributed by atoms with Crippen molar-refractivity contribution in [2.75, 3.05) is 52.5 Å². The van der Waals surface area contributed by atoms with Crippen LogP contribution in [-0.4, -0.2) is 94.9 Å². The van der Waals surface area contributed by atoms with Crippen LogP contribution in [0.4, 0.5) is 0 Å². The highest BCUT2D eigenvalue weighted by Gasteiger charge is 2.28.